The van der Waals surface area contributed by atoms with E-state index in [0.29, 0.717) is 22.8 Å². The van der Waals surface area contributed by atoms with Gasteiger partial charge in [-0.05, 0) is 11.4 Å². The molecule has 0 aliphatic carbocycles. The summed E-state index contributed by atoms with van der Waals surface area (Å²) in [7, 11) is 3.09. The van der Waals surface area contributed by atoms with E-state index >= 15 is 0 Å². The summed E-state index contributed by atoms with van der Waals surface area (Å²) in [6, 6.07) is 8.85. The second kappa shape index (κ2) is 7.45. The number of nitrogens with one attached hydrogen (secondary N) is 1. The smallest absolute Gasteiger partial charge is 0.278 e. The van der Waals surface area contributed by atoms with Crippen LogP contribution < -0.4 is 14.8 Å². The number of benzene rings is 1. The van der Waals surface area contributed by atoms with E-state index in [1.54, 1.807) is 32.4 Å². The number of anilines is 1. The minimum Gasteiger partial charge on any atom is -0.497 e. The second-order valence-electron chi connectivity index (χ2n) is 5.46. The van der Waals surface area contributed by atoms with Gasteiger partial charge in [-0.2, -0.15) is 0 Å². The number of methoxy groups -OCH3 is 2. The zero-order valence-corrected chi connectivity index (χ0v) is 15.3. The van der Waals surface area contributed by atoms with E-state index in [2.05, 4.69) is 11.9 Å². The predicted octanol–water partition coefficient (Wildman–Crippen LogP) is 3.14. The molecule has 1 N–H and O–H groups in total. The molecular weight excluding hydrogens is 352 g/mol. The van der Waals surface area contributed by atoms with Crippen LogP contribution in [0.15, 0.2) is 54.1 Å². The molecule has 6 nitrogen and oxygen atoms in total. The SMILES string of the molecule is C=CCN1C(=O)C(Nc2cc(OC)cc(OC)c2)=C(c2cccs2)C1=O. The fraction of sp³-hybridized carbons (Fsp3) is 0.158. The minimum atomic E-state index is -0.389. The van der Waals surface area contributed by atoms with E-state index in [4.69, 9.17) is 9.47 Å². The third kappa shape index (κ3) is 3.21. The quantitative estimate of drug-likeness (QED) is 0.599. The van der Waals surface area contributed by atoms with Gasteiger partial charge in [-0.1, -0.05) is 12.1 Å². The summed E-state index contributed by atoms with van der Waals surface area (Å²) in [5.41, 5.74) is 1.18. The van der Waals surface area contributed by atoms with Gasteiger partial charge in [0, 0.05) is 35.3 Å². The number of amides is 2. The average molecular weight is 370 g/mol. The molecule has 1 aromatic heterocycles. The molecule has 0 bridgehead atoms. The number of rotatable bonds is 7. The van der Waals surface area contributed by atoms with Crippen LogP contribution in [0.25, 0.3) is 5.57 Å². The first kappa shape index (κ1) is 17.8. The molecule has 0 saturated heterocycles. The average Bonchev–Trinajstić information content (AvgIpc) is 3.25. The molecule has 3 rings (SSSR count). The van der Waals surface area contributed by atoms with Crippen molar-refractivity contribution in [3.8, 4) is 11.5 Å². The van der Waals surface area contributed by atoms with Crippen molar-refractivity contribution in [3.05, 3.63) is 58.9 Å². The summed E-state index contributed by atoms with van der Waals surface area (Å²) in [6.45, 7) is 3.77. The fourth-order valence-corrected chi connectivity index (χ4v) is 3.43. The highest BCUT2D eigenvalue weighted by atomic mass is 32.1. The van der Waals surface area contributed by atoms with E-state index in [-0.39, 0.29) is 24.1 Å². The molecule has 0 saturated carbocycles. The first-order valence-electron chi connectivity index (χ1n) is 7.84. The molecule has 0 radical (unpaired) electrons. The first-order chi connectivity index (χ1) is 12.6. The monoisotopic (exact) mass is 370 g/mol. The van der Waals surface area contributed by atoms with Crippen LogP contribution >= 0.6 is 11.3 Å². The standard InChI is InChI=1S/C19H18N2O4S/c1-4-7-21-18(22)16(15-6-5-8-26-15)17(19(21)23)20-12-9-13(24-2)11-14(10-12)25-3/h4-6,8-11,20H,1,7H2,2-3H3. The number of carbonyl (C=O) groups is 2. The van der Waals surface area contributed by atoms with Crippen molar-refractivity contribution < 1.29 is 19.1 Å². The lowest BCUT2D eigenvalue weighted by Crippen LogP contribution is -2.32. The number of ether oxygens (including phenoxy) is 2. The van der Waals surface area contributed by atoms with Crippen LogP contribution in [0.1, 0.15) is 4.88 Å². The lowest BCUT2D eigenvalue weighted by molar-refractivity contribution is -0.136. The second-order valence-corrected chi connectivity index (χ2v) is 6.41. The van der Waals surface area contributed by atoms with Crippen LogP contribution in [-0.2, 0) is 9.59 Å². The van der Waals surface area contributed by atoms with Gasteiger partial charge in [0.25, 0.3) is 11.8 Å². The molecular formula is C19H18N2O4S. The Morgan fingerprint density at radius 2 is 1.85 bits per heavy atom. The number of hydrogen-bond donors (Lipinski definition) is 1. The largest absolute Gasteiger partial charge is 0.497 e. The van der Waals surface area contributed by atoms with Crippen molar-refractivity contribution in [1.29, 1.82) is 0 Å². The zero-order chi connectivity index (χ0) is 18.7. The number of hydrogen-bond acceptors (Lipinski definition) is 6. The molecule has 2 amide bonds. The van der Waals surface area contributed by atoms with Crippen molar-refractivity contribution in [2.75, 3.05) is 26.1 Å². The number of imide groups is 1. The summed E-state index contributed by atoms with van der Waals surface area (Å²) in [6.07, 6.45) is 1.53. The maximum absolute atomic E-state index is 12.8. The van der Waals surface area contributed by atoms with Crippen molar-refractivity contribution in [2.45, 2.75) is 0 Å². The maximum Gasteiger partial charge on any atom is 0.278 e. The zero-order valence-electron chi connectivity index (χ0n) is 14.4. The van der Waals surface area contributed by atoms with Gasteiger partial charge in [-0.3, -0.25) is 14.5 Å². The molecule has 0 atom stereocenters. The Bertz CT molecular complexity index is 865. The van der Waals surface area contributed by atoms with Crippen molar-refractivity contribution in [2.24, 2.45) is 0 Å². The topological polar surface area (TPSA) is 67.9 Å². The Morgan fingerprint density at radius 1 is 1.15 bits per heavy atom. The van der Waals surface area contributed by atoms with Crippen LogP contribution in [0, 0.1) is 0 Å². The van der Waals surface area contributed by atoms with Gasteiger partial charge >= 0.3 is 0 Å². The van der Waals surface area contributed by atoms with E-state index in [1.807, 2.05) is 17.5 Å². The first-order valence-corrected chi connectivity index (χ1v) is 8.72. The van der Waals surface area contributed by atoms with Crippen molar-refractivity contribution in [1.82, 2.24) is 4.90 Å². The molecule has 1 aliphatic heterocycles. The molecule has 134 valence electrons. The van der Waals surface area contributed by atoms with Gasteiger partial charge in [0.2, 0.25) is 0 Å². The van der Waals surface area contributed by atoms with Gasteiger partial charge in [-0.25, -0.2) is 0 Å². The number of nitrogens with zero attached hydrogens (tertiary/aromatic N) is 1. The van der Waals surface area contributed by atoms with Crippen molar-refractivity contribution >= 4 is 34.4 Å². The number of carbonyl (C=O) groups excluding carboxylic acids is 2. The normalized spacial score (nSPS) is 14.0. The summed E-state index contributed by atoms with van der Waals surface area (Å²) < 4.78 is 10.5. The van der Waals surface area contributed by atoms with Gasteiger partial charge in [0.15, 0.2) is 0 Å². The summed E-state index contributed by atoms with van der Waals surface area (Å²) in [4.78, 5) is 27.5. The molecule has 7 heteroatoms. The Morgan fingerprint density at radius 3 is 2.38 bits per heavy atom. The fourth-order valence-electron chi connectivity index (χ4n) is 2.66. The van der Waals surface area contributed by atoms with Crippen LogP contribution in [-0.4, -0.2) is 37.5 Å². The van der Waals surface area contributed by atoms with Crippen molar-refractivity contribution in [3.63, 3.8) is 0 Å². The lowest BCUT2D eigenvalue weighted by atomic mass is 10.2. The van der Waals surface area contributed by atoms with Gasteiger partial charge < -0.3 is 14.8 Å². The molecule has 2 heterocycles. The highest BCUT2D eigenvalue weighted by molar-refractivity contribution is 7.11. The van der Waals surface area contributed by atoms with E-state index < -0.39 is 0 Å². The van der Waals surface area contributed by atoms with Gasteiger partial charge in [-0.15, -0.1) is 17.9 Å². The Kier molecular flexibility index (Phi) is 5.09. The van der Waals surface area contributed by atoms with Crippen LogP contribution in [0.4, 0.5) is 5.69 Å². The highest BCUT2D eigenvalue weighted by Gasteiger charge is 2.39. The number of thiophene rings is 1. The lowest BCUT2D eigenvalue weighted by Gasteiger charge is -2.13. The molecule has 26 heavy (non-hydrogen) atoms. The van der Waals surface area contributed by atoms with E-state index in [9.17, 15) is 9.59 Å². The molecule has 0 fully saturated rings. The predicted molar refractivity (Wildman–Crippen MR) is 101 cm³/mol. The molecule has 1 aromatic carbocycles. The van der Waals surface area contributed by atoms with Crippen LogP contribution in [0.5, 0.6) is 11.5 Å². The Hall–Kier alpha value is -3.06. The minimum absolute atomic E-state index is 0.152. The Balaban J connectivity index is 2.06. The molecule has 0 spiro atoms. The van der Waals surface area contributed by atoms with Crippen LogP contribution in [0.2, 0.25) is 0 Å². The maximum atomic E-state index is 12.8. The van der Waals surface area contributed by atoms with Gasteiger partial charge in [0.1, 0.15) is 17.2 Å². The third-order valence-electron chi connectivity index (χ3n) is 3.87. The van der Waals surface area contributed by atoms with Gasteiger partial charge in [0.05, 0.1) is 19.8 Å². The Labute approximate surface area is 155 Å². The van der Waals surface area contributed by atoms with Crippen LogP contribution in [0.3, 0.4) is 0 Å². The molecule has 2 aromatic rings. The summed E-state index contributed by atoms with van der Waals surface area (Å²) in [5.74, 6) is 0.421. The highest BCUT2D eigenvalue weighted by Crippen LogP contribution is 2.34. The van der Waals surface area contributed by atoms with E-state index in [0.717, 1.165) is 4.88 Å². The molecule has 1 aliphatic rings. The molecule has 0 unspecified atom stereocenters. The third-order valence-corrected chi connectivity index (χ3v) is 4.76. The summed E-state index contributed by atoms with van der Waals surface area (Å²) >= 11 is 1.40. The summed E-state index contributed by atoms with van der Waals surface area (Å²) in [5, 5.41) is 4.94. The van der Waals surface area contributed by atoms with E-state index in [1.165, 1.54) is 22.3 Å².